The Kier molecular flexibility index (Phi) is 6.90. The van der Waals surface area contributed by atoms with Gasteiger partial charge in [0.25, 0.3) is 0 Å². The van der Waals surface area contributed by atoms with Gasteiger partial charge >= 0.3 is 0 Å². The lowest BCUT2D eigenvalue weighted by Gasteiger charge is -2.35. The number of furan rings is 1. The molecular formula is C20H31N3O4. The van der Waals surface area contributed by atoms with Gasteiger partial charge < -0.3 is 19.4 Å². The Morgan fingerprint density at radius 1 is 1.33 bits per heavy atom. The van der Waals surface area contributed by atoms with Gasteiger partial charge in [0.15, 0.2) is 0 Å². The van der Waals surface area contributed by atoms with Crippen LogP contribution in [0.2, 0.25) is 0 Å². The average Bonchev–Trinajstić information content (AvgIpc) is 3.08. The van der Waals surface area contributed by atoms with Crippen LogP contribution in [0.5, 0.6) is 0 Å². The molecule has 27 heavy (non-hydrogen) atoms. The van der Waals surface area contributed by atoms with E-state index in [1.807, 2.05) is 31.0 Å². The Morgan fingerprint density at radius 2 is 2.11 bits per heavy atom. The summed E-state index contributed by atoms with van der Waals surface area (Å²) in [5, 5.41) is 2.89. The maximum atomic E-state index is 12.7. The normalized spacial score (nSPS) is 21.9. The van der Waals surface area contributed by atoms with Crippen LogP contribution >= 0.6 is 0 Å². The first kappa shape index (κ1) is 19.9. The zero-order valence-corrected chi connectivity index (χ0v) is 16.4. The van der Waals surface area contributed by atoms with Crippen LogP contribution in [-0.4, -0.2) is 67.6 Å². The molecule has 0 aliphatic carbocycles. The van der Waals surface area contributed by atoms with Crippen LogP contribution in [0.3, 0.4) is 0 Å². The van der Waals surface area contributed by atoms with Crippen molar-refractivity contribution in [3.8, 4) is 0 Å². The fourth-order valence-corrected chi connectivity index (χ4v) is 3.80. The van der Waals surface area contributed by atoms with Gasteiger partial charge in [0.05, 0.1) is 19.0 Å². The summed E-state index contributed by atoms with van der Waals surface area (Å²) < 4.78 is 11.0. The molecule has 2 saturated heterocycles. The first-order chi connectivity index (χ1) is 13.0. The molecule has 7 heteroatoms. The molecule has 3 heterocycles. The smallest absolute Gasteiger partial charge is 0.237 e. The zero-order valence-electron chi connectivity index (χ0n) is 16.4. The van der Waals surface area contributed by atoms with Crippen molar-refractivity contribution in [1.82, 2.24) is 15.1 Å². The Morgan fingerprint density at radius 3 is 2.81 bits per heavy atom. The molecule has 2 fully saturated rings. The van der Waals surface area contributed by atoms with Crippen molar-refractivity contribution >= 4 is 11.8 Å². The minimum atomic E-state index is -0.442. The van der Waals surface area contributed by atoms with E-state index in [4.69, 9.17) is 9.15 Å². The van der Waals surface area contributed by atoms with Gasteiger partial charge in [-0.15, -0.1) is 0 Å². The second kappa shape index (κ2) is 9.37. The fraction of sp³-hybridized carbons (Fsp3) is 0.700. The van der Waals surface area contributed by atoms with Crippen LogP contribution in [0, 0.1) is 12.8 Å². The van der Waals surface area contributed by atoms with Crippen molar-refractivity contribution in [2.75, 3.05) is 39.9 Å². The van der Waals surface area contributed by atoms with E-state index in [9.17, 15) is 9.59 Å². The number of hydrogen-bond donors (Lipinski definition) is 1. The monoisotopic (exact) mass is 377 g/mol. The molecule has 1 N–H and O–H groups in total. The second-order valence-electron chi connectivity index (χ2n) is 7.65. The molecule has 3 rings (SSSR count). The highest BCUT2D eigenvalue weighted by Crippen LogP contribution is 2.20. The maximum absolute atomic E-state index is 12.7. The predicted molar refractivity (Wildman–Crippen MR) is 101 cm³/mol. The van der Waals surface area contributed by atoms with E-state index in [0.29, 0.717) is 19.0 Å². The lowest BCUT2D eigenvalue weighted by molar-refractivity contribution is -0.138. The van der Waals surface area contributed by atoms with Gasteiger partial charge in [0.1, 0.15) is 11.5 Å². The van der Waals surface area contributed by atoms with Crippen molar-refractivity contribution in [3.63, 3.8) is 0 Å². The number of hydrogen-bond acceptors (Lipinski definition) is 5. The zero-order chi connectivity index (χ0) is 19.2. The summed E-state index contributed by atoms with van der Waals surface area (Å²) in [5.41, 5.74) is 0. The molecule has 0 spiro atoms. The number of piperazine rings is 1. The number of carbonyl (C=O) groups excluding carboxylic acids is 2. The Hall–Kier alpha value is -1.86. The highest BCUT2D eigenvalue weighted by molar-refractivity contribution is 5.88. The number of nitrogens with one attached hydrogen (secondary N) is 1. The van der Waals surface area contributed by atoms with Crippen LogP contribution in [0.25, 0.3) is 0 Å². The quantitative estimate of drug-likeness (QED) is 0.780. The van der Waals surface area contributed by atoms with Gasteiger partial charge in [-0.25, -0.2) is 0 Å². The SMILES string of the molecule is Cc1ccc(CN2CCNC(=O)C2CC(=O)N(C)CCC2CCOCC2)o1. The van der Waals surface area contributed by atoms with Crippen molar-refractivity contribution in [3.05, 3.63) is 23.7 Å². The van der Waals surface area contributed by atoms with Crippen molar-refractivity contribution in [2.45, 2.75) is 45.2 Å². The number of amides is 2. The molecule has 0 aromatic carbocycles. The van der Waals surface area contributed by atoms with Crippen LogP contribution in [0.4, 0.5) is 0 Å². The summed E-state index contributed by atoms with van der Waals surface area (Å²) in [4.78, 5) is 28.9. The Bertz CT molecular complexity index is 639. The first-order valence-electron chi connectivity index (χ1n) is 9.91. The summed E-state index contributed by atoms with van der Waals surface area (Å²) in [5.74, 6) is 2.26. The average molecular weight is 377 g/mol. The van der Waals surface area contributed by atoms with E-state index in [2.05, 4.69) is 5.32 Å². The van der Waals surface area contributed by atoms with Gasteiger partial charge in [-0.1, -0.05) is 0 Å². The Balaban J connectivity index is 1.53. The number of ether oxygens (including phenoxy) is 1. The Labute approximate surface area is 161 Å². The highest BCUT2D eigenvalue weighted by Gasteiger charge is 2.33. The number of nitrogens with zero attached hydrogens (tertiary/aromatic N) is 2. The van der Waals surface area contributed by atoms with Crippen LogP contribution in [-0.2, 0) is 20.9 Å². The lowest BCUT2D eigenvalue weighted by Crippen LogP contribution is -2.56. The van der Waals surface area contributed by atoms with E-state index >= 15 is 0 Å². The molecule has 1 aromatic heterocycles. The van der Waals surface area contributed by atoms with E-state index in [1.54, 1.807) is 4.90 Å². The van der Waals surface area contributed by atoms with Crippen molar-refractivity contribution in [2.24, 2.45) is 5.92 Å². The molecule has 0 bridgehead atoms. The minimum Gasteiger partial charge on any atom is -0.465 e. The third kappa shape index (κ3) is 5.56. The van der Waals surface area contributed by atoms with Gasteiger partial charge in [0, 0.05) is 39.9 Å². The second-order valence-corrected chi connectivity index (χ2v) is 7.65. The van der Waals surface area contributed by atoms with Gasteiger partial charge in [-0.05, 0) is 44.2 Å². The molecule has 2 aliphatic rings. The van der Waals surface area contributed by atoms with Crippen LogP contribution < -0.4 is 5.32 Å². The molecule has 2 aliphatic heterocycles. The summed E-state index contributed by atoms with van der Waals surface area (Å²) >= 11 is 0. The largest absolute Gasteiger partial charge is 0.465 e. The minimum absolute atomic E-state index is 0.0183. The number of carbonyl (C=O) groups is 2. The summed E-state index contributed by atoms with van der Waals surface area (Å²) in [6.45, 7) is 6.15. The van der Waals surface area contributed by atoms with Gasteiger partial charge in [-0.2, -0.15) is 0 Å². The number of rotatable bonds is 7. The molecule has 0 saturated carbocycles. The molecule has 7 nitrogen and oxygen atoms in total. The van der Waals surface area contributed by atoms with Gasteiger partial charge in [-0.3, -0.25) is 14.5 Å². The molecule has 1 aromatic rings. The topological polar surface area (TPSA) is 75.0 Å². The summed E-state index contributed by atoms with van der Waals surface area (Å²) in [6, 6.07) is 3.41. The summed E-state index contributed by atoms with van der Waals surface area (Å²) in [7, 11) is 1.84. The molecule has 1 unspecified atom stereocenters. The molecular weight excluding hydrogens is 346 g/mol. The van der Waals surface area contributed by atoms with Crippen molar-refractivity contribution in [1.29, 1.82) is 0 Å². The highest BCUT2D eigenvalue weighted by atomic mass is 16.5. The molecule has 1 atom stereocenters. The molecule has 2 amide bonds. The van der Waals surface area contributed by atoms with Crippen LogP contribution in [0.1, 0.15) is 37.2 Å². The molecule has 150 valence electrons. The van der Waals surface area contributed by atoms with Crippen LogP contribution in [0.15, 0.2) is 16.5 Å². The van der Waals surface area contributed by atoms with Gasteiger partial charge in [0.2, 0.25) is 11.8 Å². The fourth-order valence-electron chi connectivity index (χ4n) is 3.80. The predicted octanol–water partition coefficient (Wildman–Crippen LogP) is 1.55. The third-order valence-corrected chi connectivity index (χ3v) is 5.60. The van der Waals surface area contributed by atoms with E-state index in [0.717, 1.165) is 57.1 Å². The first-order valence-corrected chi connectivity index (χ1v) is 9.91. The van der Waals surface area contributed by atoms with E-state index < -0.39 is 6.04 Å². The molecule has 0 radical (unpaired) electrons. The number of aryl methyl sites for hydroxylation is 1. The standard InChI is InChI=1S/C20H31N3O4/c1-15-3-4-17(27-15)14-23-10-8-21-20(25)18(23)13-19(24)22(2)9-5-16-6-11-26-12-7-16/h3-4,16,18H,5-14H2,1-2H3,(H,21,25). The summed E-state index contributed by atoms with van der Waals surface area (Å²) in [6.07, 6.45) is 3.35. The third-order valence-electron chi connectivity index (χ3n) is 5.60. The lowest BCUT2D eigenvalue weighted by atomic mass is 9.96. The van der Waals surface area contributed by atoms with E-state index in [1.165, 1.54) is 0 Å². The maximum Gasteiger partial charge on any atom is 0.237 e. The van der Waals surface area contributed by atoms with E-state index in [-0.39, 0.29) is 18.2 Å². The van der Waals surface area contributed by atoms with Crippen molar-refractivity contribution < 1.29 is 18.7 Å².